The molecule has 1 aromatic heterocycles. The van der Waals surface area contributed by atoms with Crippen LogP contribution in [0, 0.1) is 5.92 Å². The first kappa shape index (κ1) is 18.0. The second-order valence-corrected chi connectivity index (χ2v) is 9.26. The van der Waals surface area contributed by atoms with Crippen molar-refractivity contribution >= 4 is 27.5 Å². The monoisotopic (exact) mass is 358 g/mol. The summed E-state index contributed by atoms with van der Waals surface area (Å²) in [5, 5.41) is 11.4. The zero-order valence-corrected chi connectivity index (χ0v) is 15.0. The van der Waals surface area contributed by atoms with Gasteiger partial charge < -0.3 is 9.88 Å². The number of thioether (sulfide) groups is 1. The largest absolute Gasteiger partial charge is 0.352 e. The van der Waals surface area contributed by atoms with Gasteiger partial charge >= 0.3 is 0 Å². The Balaban J connectivity index is 1.96. The van der Waals surface area contributed by atoms with E-state index in [1.807, 2.05) is 11.6 Å². The summed E-state index contributed by atoms with van der Waals surface area (Å²) in [6, 6.07) is 0. The summed E-state index contributed by atoms with van der Waals surface area (Å²) >= 11 is 1.33. The minimum Gasteiger partial charge on any atom is -0.352 e. The van der Waals surface area contributed by atoms with E-state index in [2.05, 4.69) is 22.1 Å². The Kier molecular flexibility index (Phi) is 5.85. The number of nitrogens with zero attached hydrogens (tertiary/aromatic N) is 3. The van der Waals surface area contributed by atoms with Gasteiger partial charge in [-0.25, -0.2) is 8.42 Å². The van der Waals surface area contributed by atoms with Crippen LogP contribution in [0.2, 0.25) is 0 Å². The van der Waals surface area contributed by atoms with Crippen LogP contribution in [-0.2, 0) is 28.1 Å². The fourth-order valence-corrected chi connectivity index (χ4v) is 5.16. The SMILES string of the molecule is C=CCNC(=O)[C@@H](C)Sc1nnc(C[C@H]2CCS(=O)(=O)C2)n1C. The van der Waals surface area contributed by atoms with Crippen molar-refractivity contribution in [3.8, 4) is 0 Å². The predicted octanol–water partition coefficient (Wildman–Crippen LogP) is 0.575. The Bertz CT molecular complexity index is 684. The molecule has 7 nitrogen and oxygen atoms in total. The zero-order chi connectivity index (χ0) is 17.0. The third kappa shape index (κ3) is 4.81. The van der Waals surface area contributed by atoms with Gasteiger partial charge in [0.15, 0.2) is 15.0 Å². The number of nitrogens with one attached hydrogen (secondary N) is 1. The molecule has 0 spiro atoms. The van der Waals surface area contributed by atoms with E-state index in [1.54, 1.807) is 13.0 Å². The molecule has 9 heteroatoms. The molecule has 0 radical (unpaired) electrons. The van der Waals surface area contributed by atoms with E-state index in [0.29, 0.717) is 24.5 Å². The lowest BCUT2D eigenvalue weighted by Crippen LogP contribution is -2.31. The molecule has 2 atom stereocenters. The molecular weight excluding hydrogens is 336 g/mol. The fraction of sp³-hybridized carbons (Fsp3) is 0.643. The topological polar surface area (TPSA) is 94.0 Å². The highest BCUT2D eigenvalue weighted by molar-refractivity contribution is 8.00. The van der Waals surface area contributed by atoms with Crippen LogP contribution in [-0.4, -0.2) is 52.4 Å². The summed E-state index contributed by atoms with van der Waals surface area (Å²) in [4.78, 5) is 11.9. The first-order valence-corrected chi connectivity index (χ1v) is 10.2. The third-order valence-corrected chi connectivity index (χ3v) is 6.77. The Morgan fingerprint density at radius 3 is 2.91 bits per heavy atom. The van der Waals surface area contributed by atoms with Gasteiger partial charge in [-0.05, 0) is 19.3 Å². The van der Waals surface area contributed by atoms with Crippen LogP contribution in [0.15, 0.2) is 17.8 Å². The highest BCUT2D eigenvalue weighted by atomic mass is 32.2. The molecule has 1 aliphatic rings. The number of rotatable bonds is 7. The van der Waals surface area contributed by atoms with Crippen molar-refractivity contribution in [3.05, 3.63) is 18.5 Å². The quantitative estimate of drug-likeness (QED) is 0.566. The van der Waals surface area contributed by atoms with Crippen LogP contribution < -0.4 is 5.32 Å². The lowest BCUT2D eigenvalue weighted by molar-refractivity contribution is -0.120. The minimum atomic E-state index is -2.88. The molecule has 128 valence electrons. The summed E-state index contributed by atoms with van der Waals surface area (Å²) in [5.41, 5.74) is 0. The van der Waals surface area contributed by atoms with Gasteiger partial charge in [-0.3, -0.25) is 4.79 Å². The number of hydrogen-bond donors (Lipinski definition) is 1. The molecule has 0 aromatic carbocycles. The van der Waals surface area contributed by atoms with Crippen molar-refractivity contribution in [1.29, 1.82) is 0 Å². The van der Waals surface area contributed by atoms with E-state index < -0.39 is 9.84 Å². The molecule has 1 amide bonds. The van der Waals surface area contributed by atoms with Crippen molar-refractivity contribution in [1.82, 2.24) is 20.1 Å². The van der Waals surface area contributed by atoms with Crippen molar-refractivity contribution < 1.29 is 13.2 Å². The van der Waals surface area contributed by atoms with Crippen LogP contribution in [0.4, 0.5) is 0 Å². The third-order valence-electron chi connectivity index (χ3n) is 3.80. The Morgan fingerprint density at radius 1 is 1.57 bits per heavy atom. The summed E-state index contributed by atoms with van der Waals surface area (Å²) in [7, 11) is -1.04. The van der Waals surface area contributed by atoms with E-state index in [4.69, 9.17) is 0 Å². The maximum absolute atomic E-state index is 11.9. The second kappa shape index (κ2) is 7.48. The van der Waals surface area contributed by atoms with Crippen LogP contribution in [0.3, 0.4) is 0 Å². The highest BCUT2D eigenvalue weighted by Crippen LogP contribution is 2.25. The number of amides is 1. The molecule has 0 unspecified atom stereocenters. The van der Waals surface area contributed by atoms with Gasteiger partial charge in [0, 0.05) is 20.0 Å². The average molecular weight is 358 g/mol. The van der Waals surface area contributed by atoms with Gasteiger partial charge in [0.25, 0.3) is 0 Å². The highest BCUT2D eigenvalue weighted by Gasteiger charge is 2.29. The van der Waals surface area contributed by atoms with E-state index in [-0.39, 0.29) is 28.6 Å². The average Bonchev–Trinajstić information content (AvgIpc) is 3.01. The molecule has 2 rings (SSSR count). The summed E-state index contributed by atoms with van der Waals surface area (Å²) in [6.45, 7) is 5.80. The first-order chi connectivity index (χ1) is 10.8. The molecule has 0 bridgehead atoms. The maximum Gasteiger partial charge on any atom is 0.233 e. The molecule has 1 fully saturated rings. The van der Waals surface area contributed by atoms with E-state index in [1.165, 1.54) is 11.8 Å². The van der Waals surface area contributed by atoms with E-state index in [0.717, 1.165) is 5.82 Å². The fourth-order valence-electron chi connectivity index (χ4n) is 2.44. The molecular formula is C14H22N4O3S2. The molecule has 1 aromatic rings. The second-order valence-electron chi connectivity index (χ2n) is 5.72. The van der Waals surface area contributed by atoms with Crippen molar-refractivity contribution in [2.24, 2.45) is 13.0 Å². The van der Waals surface area contributed by atoms with Crippen molar-refractivity contribution in [2.45, 2.75) is 30.2 Å². The van der Waals surface area contributed by atoms with Gasteiger partial charge in [0.1, 0.15) is 5.82 Å². The Morgan fingerprint density at radius 2 is 2.30 bits per heavy atom. The van der Waals surface area contributed by atoms with Crippen molar-refractivity contribution in [3.63, 3.8) is 0 Å². The van der Waals surface area contributed by atoms with Crippen LogP contribution in [0.1, 0.15) is 19.2 Å². The standard InChI is InChI=1S/C14H22N4O3S2/c1-4-6-15-13(19)10(2)22-14-17-16-12(18(14)3)8-11-5-7-23(20,21)9-11/h4,10-11H,1,5-9H2,2-3H3,(H,15,19)/t10-,11-/m1/s1. The Hall–Kier alpha value is -1.35. The molecule has 23 heavy (non-hydrogen) atoms. The minimum absolute atomic E-state index is 0.0821. The first-order valence-electron chi connectivity index (χ1n) is 7.46. The summed E-state index contributed by atoms with van der Waals surface area (Å²) < 4.78 is 24.9. The van der Waals surface area contributed by atoms with E-state index in [9.17, 15) is 13.2 Å². The molecule has 0 aliphatic carbocycles. The lowest BCUT2D eigenvalue weighted by atomic mass is 10.1. The van der Waals surface area contributed by atoms with Crippen molar-refractivity contribution in [2.75, 3.05) is 18.1 Å². The van der Waals surface area contributed by atoms with Gasteiger partial charge in [-0.2, -0.15) is 0 Å². The smallest absolute Gasteiger partial charge is 0.233 e. The zero-order valence-electron chi connectivity index (χ0n) is 13.4. The van der Waals surface area contributed by atoms with Crippen LogP contribution in [0.25, 0.3) is 0 Å². The van der Waals surface area contributed by atoms with Crippen LogP contribution in [0.5, 0.6) is 0 Å². The number of hydrogen-bond acceptors (Lipinski definition) is 6. The van der Waals surface area contributed by atoms with Crippen LogP contribution >= 0.6 is 11.8 Å². The maximum atomic E-state index is 11.9. The molecule has 0 saturated carbocycles. The van der Waals surface area contributed by atoms with Gasteiger partial charge in [-0.1, -0.05) is 17.8 Å². The summed E-state index contributed by atoms with van der Waals surface area (Å²) in [5.74, 6) is 1.27. The number of carbonyl (C=O) groups is 1. The predicted molar refractivity (Wildman–Crippen MR) is 90.0 cm³/mol. The van der Waals surface area contributed by atoms with Gasteiger partial charge in [0.2, 0.25) is 5.91 Å². The number of carbonyl (C=O) groups excluding carboxylic acids is 1. The number of aromatic nitrogens is 3. The van der Waals surface area contributed by atoms with Gasteiger partial charge in [-0.15, -0.1) is 16.8 Å². The normalized spacial score (nSPS) is 21.0. The lowest BCUT2D eigenvalue weighted by Gasteiger charge is -2.11. The molecule has 1 saturated heterocycles. The molecule has 1 aliphatic heterocycles. The Labute approximate surface area is 140 Å². The van der Waals surface area contributed by atoms with E-state index >= 15 is 0 Å². The van der Waals surface area contributed by atoms with Gasteiger partial charge in [0.05, 0.1) is 16.8 Å². The number of sulfone groups is 1. The molecule has 2 heterocycles. The molecule has 1 N–H and O–H groups in total. The summed E-state index contributed by atoms with van der Waals surface area (Å²) in [6.07, 6.45) is 2.91.